The predicted octanol–water partition coefficient (Wildman–Crippen LogP) is 3.51. The number of sulfonamides is 1. The summed E-state index contributed by atoms with van der Waals surface area (Å²) in [6.07, 6.45) is 0. The third-order valence-electron chi connectivity index (χ3n) is 4.99. The molecule has 0 saturated carbocycles. The van der Waals surface area contributed by atoms with Gasteiger partial charge in [0, 0.05) is 38.3 Å². The second-order valence-corrected chi connectivity index (χ2v) is 9.42. The number of piperazine rings is 1. The number of hydrogen-bond donors (Lipinski definition) is 0. The molecule has 0 unspecified atom stereocenters. The molecule has 1 aromatic heterocycles. The average Bonchev–Trinajstić information content (AvgIpc) is 2.73. The van der Waals surface area contributed by atoms with E-state index in [9.17, 15) is 17.2 Å². The quantitative estimate of drug-likeness (QED) is 0.561. The largest absolute Gasteiger partial charge is 0.439 e. The van der Waals surface area contributed by atoms with Gasteiger partial charge in [-0.2, -0.15) is 9.29 Å². The van der Waals surface area contributed by atoms with Crippen molar-refractivity contribution in [2.45, 2.75) is 12.7 Å². The third-order valence-corrected chi connectivity index (χ3v) is 6.84. The van der Waals surface area contributed by atoms with Crippen molar-refractivity contribution in [1.29, 1.82) is 0 Å². The highest BCUT2D eigenvalue weighted by Crippen LogP contribution is 2.24. The van der Waals surface area contributed by atoms with E-state index in [1.165, 1.54) is 4.31 Å². The molecule has 1 saturated heterocycles. The van der Waals surface area contributed by atoms with E-state index in [-0.39, 0.29) is 18.7 Å². The Balaban J connectivity index is 1.43. The Morgan fingerprint density at radius 2 is 1.59 bits per heavy atom. The molecule has 7 nitrogen and oxygen atoms in total. The zero-order chi connectivity index (χ0) is 22.7. The van der Waals surface area contributed by atoms with Crippen LogP contribution >= 0.6 is 0 Å². The number of para-hydroxylation sites is 1. The summed E-state index contributed by atoms with van der Waals surface area (Å²) in [5.41, 5.74) is 0.0825. The van der Waals surface area contributed by atoms with Gasteiger partial charge in [0.25, 0.3) is 0 Å². The number of anilines is 1. The summed E-state index contributed by atoms with van der Waals surface area (Å²) < 4.78 is 59.5. The third kappa shape index (κ3) is 5.38. The lowest BCUT2D eigenvalue weighted by Gasteiger charge is -2.34. The van der Waals surface area contributed by atoms with Crippen molar-refractivity contribution in [1.82, 2.24) is 14.3 Å². The van der Waals surface area contributed by atoms with Crippen LogP contribution in [-0.4, -0.2) is 48.9 Å². The van der Waals surface area contributed by atoms with Crippen molar-refractivity contribution in [3.8, 4) is 11.6 Å². The van der Waals surface area contributed by atoms with Crippen LogP contribution in [0, 0.1) is 18.6 Å². The van der Waals surface area contributed by atoms with Gasteiger partial charge in [-0.25, -0.2) is 22.2 Å². The van der Waals surface area contributed by atoms with Gasteiger partial charge >= 0.3 is 0 Å². The van der Waals surface area contributed by atoms with E-state index in [0.29, 0.717) is 42.4 Å². The first-order chi connectivity index (χ1) is 15.3. The molecule has 0 atom stereocenters. The van der Waals surface area contributed by atoms with Crippen molar-refractivity contribution >= 4 is 15.8 Å². The van der Waals surface area contributed by atoms with Gasteiger partial charge in [0.1, 0.15) is 29.0 Å². The van der Waals surface area contributed by atoms with Crippen molar-refractivity contribution in [3.05, 3.63) is 77.6 Å². The molecule has 0 bridgehead atoms. The molecule has 1 aliphatic heterocycles. The molecule has 0 spiro atoms. The van der Waals surface area contributed by atoms with Gasteiger partial charge in [-0.05, 0) is 36.8 Å². The van der Waals surface area contributed by atoms with Crippen LogP contribution in [-0.2, 0) is 15.8 Å². The molecule has 0 aliphatic carbocycles. The van der Waals surface area contributed by atoms with Crippen LogP contribution in [0.3, 0.4) is 0 Å². The zero-order valence-electron chi connectivity index (χ0n) is 17.4. The summed E-state index contributed by atoms with van der Waals surface area (Å²) in [6.45, 7) is 3.06. The Morgan fingerprint density at radius 1 is 0.938 bits per heavy atom. The molecule has 4 rings (SSSR count). The molecule has 32 heavy (non-hydrogen) atoms. The predicted molar refractivity (Wildman–Crippen MR) is 116 cm³/mol. The maximum atomic E-state index is 13.4. The lowest BCUT2D eigenvalue weighted by Crippen LogP contribution is -2.49. The van der Waals surface area contributed by atoms with Crippen molar-refractivity contribution in [2.24, 2.45) is 0 Å². The van der Waals surface area contributed by atoms with Crippen molar-refractivity contribution in [3.63, 3.8) is 0 Å². The van der Waals surface area contributed by atoms with Crippen LogP contribution in [0.4, 0.5) is 14.6 Å². The van der Waals surface area contributed by atoms with Crippen LogP contribution in [0.25, 0.3) is 0 Å². The highest BCUT2D eigenvalue weighted by molar-refractivity contribution is 7.88. The van der Waals surface area contributed by atoms with Gasteiger partial charge in [0.15, 0.2) is 0 Å². The fraction of sp³-hybridized carbons (Fsp3) is 0.273. The maximum absolute atomic E-state index is 13.4. The molecule has 1 fully saturated rings. The Kier molecular flexibility index (Phi) is 6.33. The second-order valence-electron chi connectivity index (χ2n) is 7.45. The van der Waals surface area contributed by atoms with E-state index < -0.39 is 27.4 Å². The van der Waals surface area contributed by atoms with E-state index in [1.54, 1.807) is 13.0 Å². The van der Waals surface area contributed by atoms with Gasteiger partial charge in [-0.15, -0.1) is 0 Å². The topological polar surface area (TPSA) is 75.6 Å². The standard InChI is InChI=1S/C22H22F2N4O3S/c1-16-25-21(14-22(26-16)31-20-5-3-2-4-6-20)27-7-9-28(10-8-27)32(29,30)15-17-11-18(23)13-19(24)12-17/h2-6,11-14H,7-10,15H2,1H3. The summed E-state index contributed by atoms with van der Waals surface area (Å²) in [4.78, 5) is 10.7. The summed E-state index contributed by atoms with van der Waals surface area (Å²) in [6, 6.07) is 13.8. The Bertz CT molecular complexity index is 1180. The number of halogens is 2. The monoisotopic (exact) mass is 460 g/mol. The maximum Gasteiger partial charge on any atom is 0.224 e. The number of ether oxygens (including phenoxy) is 1. The fourth-order valence-electron chi connectivity index (χ4n) is 3.54. The molecule has 3 aromatic rings. The molecular weight excluding hydrogens is 438 g/mol. The first kappa shape index (κ1) is 22.1. The van der Waals surface area contributed by atoms with Gasteiger partial charge in [0.2, 0.25) is 15.9 Å². The lowest BCUT2D eigenvalue weighted by molar-refractivity contribution is 0.382. The van der Waals surface area contributed by atoms with Crippen molar-refractivity contribution in [2.75, 3.05) is 31.1 Å². The molecule has 0 N–H and O–H groups in total. The zero-order valence-corrected chi connectivity index (χ0v) is 18.2. The summed E-state index contributed by atoms with van der Waals surface area (Å²) in [5, 5.41) is 0. The SMILES string of the molecule is Cc1nc(Oc2ccccc2)cc(N2CCN(S(=O)(=O)Cc3cc(F)cc(F)c3)CC2)n1. The van der Waals surface area contributed by atoms with E-state index in [0.717, 1.165) is 12.1 Å². The van der Waals surface area contributed by atoms with Gasteiger partial charge in [-0.3, -0.25) is 0 Å². The lowest BCUT2D eigenvalue weighted by atomic mass is 10.2. The summed E-state index contributed by atoms with van der Waals surface area (Å²) >= 11 is 0. The Labute approximate surface area is 185 Å². The summed E-state index contributed by atoms with van der Waals surface area (Å²) in [5.74, 6) is 0.191. The minimum absolute atomic E-state index is 0.0825. The molecule has 2 heterocycles. The molecular formula is C22H22F2N4O3S. The number of hydrogen-bond acceptors (Lipinski definition) is 6. The molecule has 0 radical (unpaired) electrons. The molecule has 0 amide bonds. The first-order valence-electron chi connectivity index (χ1n) is 10.0. The first-order valence-corrected chi connectivity index (χ1v) is 11.7. The number of aryl methyl sites for hydroxylation is 1. The molecule has 2 aromatic carbocycles. The highest BCUT2D eigenvalue weighted by Gasteiger charge is 2.28. The Hall–Kier alpha value is -3.11. The highest BCUT2D eigenvalue weighted by atomic mass is 32.2. The molecule has 10 heteroatoms. The van der Waals surface area contributed by atoms with Crippen molar-refractivity contribution < 1.29 is 21.9 Å². The second kappa shape index (κ2) is 9.17. The molecule has 1 aliphatic rings. The average molecular weight is 461 g/mol. The van der Waals surface area contributed by atoms with Gasteiger partial charge < -0.3 is 9.64 Å². The van der Waals surface area contributed by atoms with E-state index in [4.69, 9.17) is 4.74 Å². The number of benzene rings is 2. The normalized spacial score (nSPS) is 15.0. The smallest absolute Gasteiger partial charge is 0.224 e. The van der Waals surface area contributed by atoms with Crippen LogP contribution in [0.15, 0.2) is 54.6 Å². The fourth-order valence-corrected chi connectivity index (χ4v) is 5.03. The Morgan fingerprint density at radius 3 is 2.25 bits per heavy atom. The minimum atomic E-state index is -3.72. The van der Waals surface area contributed by atoms with E-state index >= 15 is 0 Å². The van der Waals surface area contributed by atoms with E-state index in [1.807, 2.05) is 35.2 Å². The number of rotatable bonds is 6. The van der Waals surface area contributed by atoms with Crippen LogP contribution in [0.1, 0.15) is 11.4 Å². The van der Waals surface area contributed by atoms with E-state index in [2.05, 4.69) is 9.97 Å². The van der Waals surface area contributed by atoms with Crippen LogP contribution < -0.4 is 9.64 Å². The number of nitrogens with zero attached hydrogens (tertiary/aromatic N) is 4. The number of aromatic nitrogens is 2. The minimum Gasteiger partial charge on any atom is -0.439 e. The van der Waals surface area contributed by atoms with Gasteiger partial charge in [0.05, 0.1) is 5.75 Å². The van der Waals surface area contributed by atoms with Crippen LogP contribution in [0.2, 0.25) is 0 Å². The molecule has 168 valence electrons. The van der Waals surface area contributed by atoms with Crippen LogP contribution in [0.5, 0.6) is 11.6 Å². The summed E-state index contributed by atoms with van der Waals surface area (Å²) in [7, 11) is -3.72. The van der Waals surface area contributed by atoms with Gasteiger partial charge in [-0.1, -0.05) is 18.2 Å².